The highest BCUT2D eigenvalue weighted by molar-refractivity contribution is 6.31. The summed E-state index contributed by atoms with van der Waals surface area (Å²) in [5.41, 5.74) is 2.06. The smallest absolute Gasteiger partial charge is 0.342 e. The minimum Gasteiger partial charge on any atom is -0.481 e. The predicted octanol–water partition coefficient (Wildman–Crippen LogP) is 1.14. The van der Waals surface area contributed by atoms with Gasteiger partial charge in [-0.15, -0.1) is 0 Å². The van der Waals surface area contributed by atoms with Crippen LogP contribution in [-0.4, -0.2) is 44.8 Å². The monoisotopic (exact) mass is 382 g/mol. The molecule has 1 aromatic heterocycles. The van der Waals surface area contributed by atoms with Gasteiger partial charge in [0.15, 0.2) is 6.61 Å². The van der Waals surface area contributed by atoms with Crippen LogP contribution in [0.2, 0.25) is 5.02 Å². The van der Waals surface area contributed by atoms with Crippen molar-refractivity contribution in [3.63, 3.8) is 0 Å². The Bertz CT molecular complexity index is 982. The average Bonchev–Trinajstić information content (AvgIpc) is 2.51. The van der Waals surface area contributed by atoms with Crippen LogP contribution in [0.5, 0.6) is 5.75 Å². The number of hydrogen-bond donors (Lipinski definition) is 5. The largest absolute Gasteiger partial charge is 0.481 e. The Kier molecular flexibility index (Phi) is 5.17. The standard InChI is InChI=1S/C15H11ClN2O8/c16-5-1-2-7(26-4-8(19)20)6(3-5)9-10(14(22)23)12(17)18-13(21)11(9)15(24)25/h1-3H,4H2,(H,19,20)(H,22,23)(H,24,25)(H3,17,18,21). The van der Waals surface area contributed by atoms with E-state index in [1.54, 1.807) is 0 Å². The highest BCUT2D eigenvalue weighted by Gasteiger charge is 2.28. The summed E-state index contributed by atoms with van der Waals surface area (Å²) in [7, 11) is 0. The molecule has 1 aromatic carbocycles. The molecule has 0 unspecified atom stereocenters. The first kappa shape index (κ1) is 18.8. The molecule has 0 aliphatic heterocycles. The number of aromatic nitrogens is 1. The number of H-pyrrole nitrogens is 1. The van der Waals surface area contributed by atoms with E-state index < -0.39 is 52.6 Å². The van der Waals surface area contributed by atoms with Crippen molar-refractivity contribution in [1.82, 2.24) is 4.98 Å². The number of pyridine rings is 1. The highest BCUT2D eigenvalue weighted by atomic mass is 35.5. The second kappa shape index (κ2) is 7.15. The van der Waals surface area contributed by atoms with Crippen LogP contribution in [0, 0.1) is 0 Å². The topological polar surface area (TPSA) is 180 Å². The SMILES string of the molecule is Nc1[nH]c(=O)c(C(=O)O)c(-c2cc(Cl)ccc2OCC(=O)O)c1C(=O)O. The number of rotatable bonds is 6. The predicted molar refractivity (Wildman–Crippen MR) is 89.0 cm³/mol. The molecule has 2 aromatic rings. The van der Waals surface area contributed by atoms with Gasteiger partial charge in [0, 0.05) is 16.1 Å². The number of anilines is 1. The van der Waals surface area contributed by atoms with Crippen molar-refractivity contribution >= 4 is 35.3 Å². The molecule has 0 bridgehead atoms. The molecule has 0 spiro atoms. The molecule has 11 heteroatoms. The van der Waals surface area contributed by atoms with E-state index in [0.717, 1.165) is 6.07 Å². The molecule has 26 heavy (non-hydrogen) atoms. The first-order chi connectivity index (χ1) is 12.1. The summed E-state index contributed by atoms with van der Waals surface area (Å²) < 4.78 is 5.06. The molecule has 2 rings (SSSR count). The molecule has 0 saturated heterocycles. The number of carbonyl (C=O) groups is 3. The van der Waals surface area contributed by atoms with E-state index >= 15 is 0 Å². The summed E-state index contributed by atoms with van der Waals surface area (Å²) in [6.07, 6.45) is 0. The van der Waals surface area contributed by atoms with Crippen molar-refractivity contribution < 1.29 is 34.4 Å². The third-order valence-electron chi connectivity index (χ3n) is 3.23. The van der Waals surface area contributed by atoms with Crippen LogP contribution < -0.4 is 16.0 Å². The van der Waals surface area contributed by atoms with Crippen molar-refractivity contribution in [1.29, 1.82) is 0 Å². The third-order valence-corrected chi connectivity index (χ3v) is 3.47. The van der Waals surface area contributed by atoms with Gasteiger partial charge >= 0.3 is 17.9 Å². The maximum absolute atomic E-state index is 12.0. The number of benzene rings is 1. The first-order valence-electron chi connectivity index (χ1n) is 6.80. The van der Waals surface area contributed by atoms with Crippen LogP contribution in [0.1, 0.15) is 20.7 Å². The van der Waals surface area contributed by atoms with E-state index in [9.17, 15) is 29.4 Å². The maximum Gasteiger partial charge on any atom is 0.342 e. The van der Waals surface area contributed by atoms with Crippen molar-refractivity contribution in [2.45, 2.75) is 0 Å². The molecular weight excluding hydrogens is 372 g/mol. The van der Waals surface area contributed by atoms with E-state index in [2.05, 4.69) is 0 Å². The number of halogens is 1. The molecule has 10 nitrogen and oxygen atoms in total. The summed E-state index contributed by atoms with van der Waals surface area (Å²) in [4.78, 5) is 47.9. The summed E-state index contributed by atoms with van der Waals surface area (Å²) in [6, 6.07) is 3.68. The van der Waals surface area contributed by atoms with E-state index in [0.29, 0.717) is 0 Å². The number of aliphatic carboxylic acids is 1. The number of aromatic carboxylic acids is 2. The lowest BCUT2D eigenvalue weighted by molar-refractivity contribution is -0.139. The van der Waals surface area contributed by atoms with Crippen molar-refractivity contribution in [2.24, 2.45) is 0 Å². The Labute approximate surface area is 149 Å². The molecule has 0 aliphatic rings. The number of ether oxygens (including phenoxy) is 1. The lowest BCUT2D eigenvalue weighted by atomic mass is 9.94. The van der Waals surface area contributed by atoms with Gasteiger partial charge < -0.3 is 30.8 Å². The molecule has 0 fully saturated rings. The number of aromatic amines is 1. The van der Waals surface area contributed by atoms with Gasteiger partial charge in [-0.25, -0.2) is 14.4 Å². The van der Waals surface area contributed by atoms with Gasteiger partial charge in [-0.05, 0) is 18.2 Å². The van der Waals surface area contributed by atoms with Gasteiger partial charge in [-0.2, -0.15) is 0 Å². The Balaban J connectivity index is 2.93. The zero-order valence-electron chi connectivity index (χ0n) is 12.8. The van der Waals surface area contributed by atoms with E-state index in [-0.39, 0.29) is 16.3 Å². The molecule has 0 amide bonds. The van der Waals surface area contributed by atoms with Crippen molar-refractivity contribution in [3.8, 4) is 16.9 Å². The molecular formula is C15H11ClN2O8. The van der Waals surface area contributed by atoms with Gasteiger partial charge in [-0.1, -0.05) is 11.6 Å². The summed E-state index contributed by atoms with van der Waals surface area (Å²) in [6.45, 7) is -0.794. The Hall–Kier alpha value is -3.53. The molecule has 0 saturated carbocycles. The van der Waals surface area contributed by atoms with Crippen LogP contribution in [0.15, 0.2) is 23.0 Å². The Morgan fingerprint density at radius 2 is 1.73 bits per heavy atom. The second-order valence-electron chi connectivity index (χ2n) is 4.93. The van der Waals surface area contributed by atoms with Gasteiger partial charge in [0.25, 0.3) is 5.56 Å². The lowest BCUT2D eigenvalue weighted by Crippen LogP contribution is -2.24. The molecule has 1 heterocycles. The van der Waals surface area contributed by atoms with Gasteiger partial charge in [-0.3, -0.25) is 4.79 Å². The van der Waals surface area contributed by atoms with Crippen LogP contribution in [0.3, 0.4) is 0 Å². The van der Waals surface area contributed by atoms with Gasteiger partial charge in [0.2, 0.25) is 0 Å². The number of nitrogen functional groups attached to an aromatic ring is 1. The maximum atomic E-state index is 12.0. The van der Waals surface area contributed by atoms with E-state index in [1.165, 1.54) is 12.1 Å². The van der Waals surface area contributed by atoms with Crippen LogP contribution >= 0.6 is 11.6 Å². The van der Waals surface area contributed by atoms with Gasteiger partial charge in [0.1, 0.15) is 22.7 Å². The van der Waals surface area contributed by atoms with Crippen LogP contribution in [-0.2, 0) is 4.79 Å². The normalized spacial score (nSPS) is 10.3. The number of carboxylic acids is 3. The van der Waals surface area contributed by atoms with E-state index in [4.69, 9.17) is 27.2 Å². The Morgan fingerprint density at radius 1 is 1.12 bits per heavy atom. The summed E-state index contributed by atoms with van der Waals surface area (Å²) >= 11 is 5.89. The fourth-order valence-electron chi connectivity index (χ4n) is 2.28. The van der Waals surface area contributed by atoms with Gasteiger partial charge in [0.05, 0.1) is 0 Å². The molecule has 0 radical (unpaired) electrons. The molecule has 0 aliphatic carbocycles. The fourth-order valence-corrected chi connectivity index (χ4v) is 2.45. The minimum atomic E-state index is -1.71. The number of nitrogens with two attached hydrogens (primary N) is 1. The number of carboxylic acid groups (broad SMARTS) is 3. The van der Waals surface area contributed by atoms with Crippen molar-refractivity contribution in [3.05, 3.63) is 44.7 Å². The third kappa shape index (κ3) is 3.59. The summed E-state index contributed by atoms with van der Waals surface area (Å²) in [5, 5.41) is 27.6. The first-order valence-corrected chi connectivity index (χ1v) is 7.18. The summed E-state index contributed by atoms with van der Waals surface area (Å²) in [5.74, 6) is -5.42. The lowest BCUT2D eigenvalue weighted by Gasteiger charge is -2.16. The molecule has 6 N–H and O–H groups in total. The molecule has 136 valence electrons. The quantitative estimate of drug-likeness (QED) is 0.489. The van der Waals surface area contributed by atoms with Crippen molar-refractivity contribution in [2.75, 3.05) is 12.3 Å². The zero-order valence-corrected chi connectivity index (χ0v) is 13.5. The average molecular weight is 383 g/mol. The molecule has 0 atom stereocenters. The van der Waals surface area contributed by atoms with Crippen LogP contribution in [0.25, 0.3) is 11.1 Å². The second-order valence-corrected chi connectivity index (χ2v) is 5.36. The van der Waals surface area contributed by atoms with E-state index in [1.807, 2.05) is 4.98 Å². The zero-order chi connectivity index (χ0) is 19.6. The minimum absolute atomic E-state index is 0.0641. The van der Waals surface area contributed by atoms with Crippen LogP contribution in [0.4, 0.5) is 5.82 Å². The Morgan fingerprint density at radius 3 is 2.27 bits per heavy atom. The number of hydrogen-bond acceptors (Lipinski definition) is 6. The highest BCUT2D eigenvalue weighted by Crippen LogP contribution is 2.37. The number of nitrogens with one attached hydrogen (secondary N) is 1. The fraction of sp³-hybridized carbons (Fsp3) is 0.0667.